The van der Waals surface area contributed by atoms with Gasteiger partial charge < -0.3 is 15.2 Å². The zero-order valence-corrected chi connectivity index (χ0v) is 18.0. The smallest absolute Gasteiger partial charge is 0.127 e. The monoisotopic (exact) mass is 420 g/mol. The largest absolute Gasteiger partial charge is 0.488 e. The van der Waals surface area contributed by atoms with E-state index in [1.165, 1.54) is 10.5 Å². The lowest BCUT2D eigenvalue weighted by molar-refractivity contribution is 0.0162. The molecule has 6 heteroatoms. The maximum absolute atomic E-state index is 10.0. The molecule has 2 aromatic carbocycles. The number of ether oxygens (including phenoxy) is 1. The molecule has 2 N–H and O–H groups in total. The number of piperidine rings is 1. The molecular formula is C22H29ClN2O2S. The van der Waals surface area contributed by atoms with Crippen molar-refractivity contribution in [1.29, 1.82) is 0 Å². The summed E-state index contributed by atoms with van der Waals surface area (Å²) in [5.74, 6) is 1.38. The molecular weight excluding hydrogens is 392 g/mol. The first-order valence-corrected chi connectivity index (χ1v) is 11.0. The predicted molar refractivity (Wildman–Crippen MR) is 117 cm³/mol. The van der Waals surface area contributed by atoms with Gasteiger partial charge in [0, 0.05) is 29.6 Å². The predicted octanol–water partition coefficient (Wildman–Crippen LogP) is 4.61. The molecule has 0 bridgehead atoms. The molecule has 1 heterocycles. The fraction of sp³-hybridized carbons (Fsp3) is 0.455. The lowest BCUT2D eigenvalue weighted by atomic mass is 10.1. The summed E-state index contributed by atoms with van der Waals surface area (Å²) < 4.78 is 8.35. The molecule has 0 spiro atoms. The number of aliphatic hydroxyl groups is 1. The van der Waals surface area contributed by atoms with Gasteiger partial charge in [0.25, 0.3) is 0 Å². The molecule has 1 unspecified atom stereocenters. The number of rotatable bonds is 8. The van der Waals surface area contributed by atoms with Crippen molar-refractivity contribution < 1.29 is 9.84 Å². The van der Waals surface area contributed by atoms with Gasteiger partial charge in [0.15, 0.2) is 0 Å². The van der Waals surface area contributed by atoms with Crippen LogP contribution >= 0.6 is 23.5 Å². The number of halogens is 1. The van der Waals surface area contributed by atoms with E-state index in [0.29, 0.717) is 12.5 Å². The van der Waals surface area contributed by atoms with Crippen LogP contribution in [-0.2, 0) is 6.54 Å². The Labute approximate surface area is 177 Å². The van der Waals surface area contributed by atoms with Gasteiger partial charge in [-0.1, -0.05) is 37.6 Å². The van der Waals surface area contributed by atoms with Crippen molar-refractivity contribution in [3.8, 4) is 5.75 Å². The minimum absolute atomic E-state index is 0.137. The SMILES string of the molecule is CC(C)CN(Cc1ccc(Cl)cc1)Sc1ccc(O[C@H]2CCNCC2O)cc1. The quantitative estimate of drug-likeness (QED) is 0.610. The van der Waals surface area contributed by atoms with Crippen LogP contribution in [0.4, 0.5) is 0 Å². The number of nitrogens with zero attached hydrogens (tertiary/aromatic N) is 1. The second-order valence-corrected chi connectivity index (χ2v) is 9.23. The minimum Gasteiger partial charge on any atom is -0.488 e. The number of nitrogens with one attached hydrogen (secondary N) is 1. The van der Waals surface area contributed by atoms with Gasteiger partial charge in [-0.15, -0.1) is 0 Å². The van der Waals surface area contributed by atoms with Crippen LogP contribution in [0.25, 0.3) is 0 Å². The van der Waals surface area contributed by atoms with Gasteiger partial charge in [-0.3, -0.25) is 0 Å². The van der Waals surface area contributed by atoms with Crippen molar-refractivity contribution >= 4 is 23.5 Å². The summed E-state index contributed by atoms with van der Waals surface area (Å²) in [6.45, 7) is 7.79. The van der Waals surface area contributed by atoms with Crippen molar-refractivity contribution in [2.24, 2.45) is 5.92 Å². The Morgan fingerprint density at radius 2 is 1.89 bits per heavy atom. The van der Waals surface area contributed by atoms with Gasteiger partial charge in [0.05, 0.1) is 0 Å². The molecule has 2 aromatic rings. The van der Waals surface area contributed by atoms with E-state index < -0.39 is 6.10 Å². The molecule has 0 radical (unpaired) electrons. The van der Waals surface area contributed by atoms with Crippen molar-refractivity contribution in [1.82, 2.24) is 9.62 Å². The molecule has 2 atom stereocenters. The van der Waals surface area contributed by atoms with Crippen LogP contribution in [0.1, 0.15) is 25.8 Å². The van der Waals surface area contributed by atoms with E-state index in [1.807, 2.05) is 24.3 Å². The molecule has 1 aliphatic heterocycles. The first-order chi connectivity index (χ1) is 13.5. The summed E-state index contributed by atoms with van der Waals surface area (Å²) in [6, 6.07) is 16.2. The van der Waals surface area contributed by atoms with Crippen LogP contribution in [-0.4, -0.2) is 41.3 Å². The molecule has 1 fully saturated rings. The molecule has 0 amide bonds. The first kappa shape index (κ1) is 21.5. The number of hydrogen-bond acceptors (Lipinski definition) is 5. The first-order valence-electron chi connectivity index (χ1n) is 9.82. The maximum Gasteiger partial charge on any atom is 0.127 e. The maximum atomic E-state index is 10.0. The van der Waals surface area contributed by atoms with Crippen molar-refractivity contribution in [2.45, 2.75) is 43.9 Å². The van der Waals surface area contributed by atoms with Gasteiger partial charge in [-0.05, 0) is 72.8 Å². The van der Waals surface area contributed by atoms with Crippen LogP contribution in [0.3, 0.4) is 0 Å². The van der Waals surface area contributed by atoms with Crippen LogP contribution < -0.4 is 10.1 Å². The molecule has 1 saturated heterocycles. The van der Waals surface area contributed by atoms with E-state index >= 15 is 0 Å². The Kier molecular flexibility index (Phi) is 8.06. The highest BCUT2D eigenvalue weighted by Gasteiger charge is 2.24. The Balaban J connectivity index is 1.60. The Morgan fingerprint density at radius 1 is 1.18 bits per heavy atom. The summed E-state index contributed by atoms with van der Waals surface area (Å²) in [6.07, 6.45) is 0.229. The van der Waals surface area contributed by atoms with E-state index in [9.17, 15) is 5.11 Å². The second kappa shape index (κ2) is 10.5. The molecule has 3 rings (SSSR count). The van der Waals surface area contributed by atoms with Gasteiger partial charge in [0.2, 0.25) is 0 Å². The summed E-state index contributed by atoms with van der Waals surface area (Å²) in [5.41, 5.74) is 1.25. The zero-order chi connectivity index (χ0) is 19.9. The Bertz CT molecular complexity index is 724. The lowest BCUT2D eigenvalue weighted by Crippen LogP contribution is -2.46. The highest BCUT2D eigenvalue weighted by Crippen LogP contribution is 2.28. The Morgan fingerprint density at radius 3 is 2.54 bits per heavy atom. The zero-order valence-electron chi connectivity index (χ0n) is 16.5. The van der Waals surface area contributed by atoms with Crippen LogP contribution in [0.5, 0.6) is 5.75 Å². The number of β-amino-alcohol motifs (C(OH)–C–C–N with tert-alkyl or cyclic N) is 1. The molecule has 28 heavy (non-hydrogen) atoms. The number of benzene rings is 2. The highest BCUT2D eigenvalue weighted by atomic mass is 35.5. The van der Waals surface area contributed by atoms with Gasteiger partial charge in [0.1, 0.15) is 18.0 Å². The van der Waals surface area contributed by atoms with E-state index in [1.54, 1.807) is 11.9 Å². The van der Waals surface area contributed by atoms with E-state index in [2.05, 4.69) is 47.7 Å². The van der Waals surface area contributed by atoms with Crippen LogP contribution in [0, 0.1) is 5.92 Å². The Hall–Kier alpha value is -1.24. The van der Waals surface area contributed by atoms with Gasteiger partial charge in [-0.25, -0.2) is 4.31 Å². The summed E-state index contributed by atoms with van der Waals surface area (Å²) >= 11 is 7.76. The molecule has 0 aromatic heterocycles. The molecule has 4 nitrogen and oxygen atoms in total. The van der Waals surface area contributed by atoms with E-state index in [4.69, 9.17) is 16.3 Å². The molecule has 0 aliphatic carbocycles. The highest BCUT2D eigenvalue weighted by molar-refractivity contribution is 7.97. The summed E-state index contributed by atoms with van der Waals surface area (Å²) in [5, 5.41) is 14.0. The van der Waals surface area contributed by atoms with E-state index in [0.717, 1.165) is 36.8 Å². The van der Waals surface area contributed by atoms with Crippen molar-refractivity contribution in [3.05, 3.63) is 59.1 Å². The molecule has 0 saturated carbocycles. The van der Waals surface area contributed by atoms with Crippen molar-refractivity contribution in [3.63, 3.8) is 0 Å². The minimum atomic E-state index is -0.455. The number of hydrogen-bond donors (Lipinski definition) is 2. The third-order valence-electron chi connectivity index (χ3n) is 4.57. The fourth-order valence-electron chi connectivity index (χ4n) is 3.19. The third kappa shape index (κ3) is 6.68. The summed E-state index contributed by atoms with van der Waals surface area (Å²) in [7, 11) is 0. The summed E-state index contributed by atoms with van der Waals surface area (Å²) in [4.78, 5) is 1.17. The van der Waals surface area contributed by atoms with Crippen molar-refractivity contribution in [2.75, 3.05) is 19.6 Å². The number of aliphatic hydroxyl groups excluding tert-OH is 1. The van der Waals surface area contributed by atoms with Crippen LogP contribution in [0.2, 0.25) is 5.02 Å². The van der Waals surface area contributed by atoms with E-state index in [-0.39, 0.29) is 6.10 Å². The normalized spacial score (nSPS) is 19.9. The average molecular weight is 421 g/mol. The van der Waals surface area contributed by atoms with Gasteiger partial charge >= 0.3 is 0 Å². The van der Waals surface area contributed by atoms with Crippen LogP contribution in [0.15, 0.2) is 53.4 Å². The topological polar surface area (TPSA) is 44.7 Å². The molecule has 152 valence electrons. The fourth-order valence-corrected chi connectivity index (χ4v) is 4.46. The average Bonchev–Trinajstić information content (AvgIpc) is 2.66. The molecule has 1 aliphatic rings. The lowest BCUT2D eigenvalue weighted by Gasteiger charge is -2.29. The standard InChI is InChI=1S/C22H29ClN2O2S/c1-16(2)14-25(15-17-3-5-18(23)6-4-17)28-20-9-7-19(8-10-20)27-22-11-12-24-13-21(22)26/h3-10,16,21-22,24,26H,11-15H2,1-2H3/t21?,22-/m0/s1. The second-order valence-electron chi connectivity index (χ2n) is 7.62. The van der Waals surface area contributed by atoms with Gasteiger partial charge in [-0.2, -0.15) is 0 Å². The third-order valence-corrected chi connectivity index (χ3v) is 5.85.